The maximum atomic E-state index is 14.5. The lowest BCUT2D eigenvalue weighted by molar-refractivity contribution is -0.125. The summed E-state index contributed by atoms with van der Waals surface area (Å²) >= 11 is 5.92. The highest BCUT2D eigenvalue weighted by atomic mass is 35.5. The van der Waals surface area contributed by atoms with E-state index in [1.165, 1.54) is 12.4 Å². The van der Waals surface area contributed by atoms with Crippen molar-refractivity contribution in [3.63, 3.8) is 0 Å². The van der Waals surface area contributed by atoms with Crippen molar-refractivity contribution in [2.24, 2.45) is 0 Å². The maximum absolute atomic E-state index is 14.5. The van der Waals surface area contributed by atoms with Gasteiger partial charge in [-0.1, -0.05) is 17.7 Å². The van der Waals surface area contributed by atoms with Crippen LogP contribution in [0.3, 0.4) is 0 Å². The number of aromatic nitrogens is 2. The summed E-state index contributed by atoms with van der Waals surface area (Å²) in [5.74, 6) is 0.719. The summed E-state index contributed by atoms with van der Waals surface area (Å²) in [6.07, 6.45) is 1.66. The number of hydrogen-bond donors (Lipinski definition) is 2. The molecule has 1 fully saturated rings. The number of anilines is 2. The molecule has 0 aliphatic carbocycles. The van der Waals surface area contributed by atoms with Crippen LogP contribution >= 0.6 is 11.6 Å². The molecule has 2 atom stereocenters. The third-order valence-electron chi connectivity index (χ3n) is 5.84. The van der Waals surface area contributed by atoms with E-state index < -0.39 is 5.82 Å². The third kappa shape index (κ3) is 5.55. The predicted molar refractivity (Wildman–Crippen MR) is 131 cm³/mol. The number of nitrogens with zero attached hydrogens (tertiary/aromatic N) is 3. The van der Waals surface area contributed by atoms with Gasteiger partial charge in [0.2, 0.25) is 5.91 Å². The van der Waals surface area contributed by atoms with Gasteiger partial charge in [-0.05, 0) is 25.2 Å². The van der Waals surface area contributed by atoms with Crippen molar-refractivity contribution < 1.29 is 23.4 Å². The van der Waals surface area contributed by atoms with Gasteiger partial charge in [0.15, 0.2) is 17.3 Å². The first-order chi connectivity index (χ1) is 16.9. The molecule has 35 heavy (non-hydrogen) atoms. The van der Waals surface area contributed by atoms with Crippen molar-refractivity contribution in [2.45, 2.75) is 18.6 Å². The Morgan fingerprint density at radius 2 is 2.09 bits per heavy atom. The summed E-state index contributed by atoms with van der Waals surface area (Å²) in [4.78, 5) is 23.1. The molecular formula is C24H27ClFN5O4. The Morgan fingerprint density at radius 3 is 2.86 bits per heavy atom. The van der Waals surface area contributed by atoms with Crippen LogP contribution in [-0.4, -0.2) is 73.9 Å². The number of likely N-dealkylation sites (tertiary alicyclic amines) is 1. The van der Waals surface area contributed by atoms with Crippen LogP contribution in [0.25, 0.3) is 10.9 Å². The van der Waals surface area contributed by atoms with E-state index in [0.717, 1.165) is 0 Å². The monoisotopic (exact) mass is 503 g/mol. The van der Waals surface area contributed by atoms with E-state index in [1.54, 1.807) is 38.5 Å². The zero-order valence-corrected chi connectivity index (χ0v) is 20.4. The Balaban J connectivity index is 1.58. The molecule has 0 spiro atoms. The van der Waals surface area contributed by atoms with Crippen LogP contribution in [0.15, 0.2) is 36.7 Å². The van der Waals surface area contributed by atoms with Gasteiger partial charge in [0, 0.05) is 38.1 Å². The quantitative estimate of drug-likeness (QED) is 0.429. The summed E-state index contributed by atoms with van der Waals surface area (Å²) in [5.41, 5.74) is 0.781. The van der Waals surface area contributed by atoms with Crippen molar-refractivity contribution >= 4 is 39.9 Å². The first-order valence-electron chi connectivity index (χ1n) is 11.1. The molecule has 1 amide bonds. The fourth-order valence-electron chi connectivity index (χ4n) is 4.06. The Bertz CT molecular complexity index is 1210. The Morgan fingerprint density at radius 1 is 1.26 bits per heavy atom. The number of carbonyl (C=O) groups excluding carboxylic acids is 1. The van der Waals surface area contributed by atoms with Crippen molar-refractivity contribution in [2.75, 3.05) is 46.3 Å². The van der Waals surface area contributed by atoms with Crippen LogP contribution in [0, 0.1) is 5.82 Å². The van der Waals surface area contributed by atoms with Crippen molar-refractivity contribution in [3.05, 3.63) is 47.5 Å². The molecule has 0 unspecified atom stereocenters. The number of halogens is 2. The Labute approximate surface area is 207 Å². The number of nitrogens with one attached hydrogen (secondary N) is 2. The number of fused-ring (bicyclic) bond motifs is 1. The molecule has 4 rings (SSSR count). The molecule has 3 aromatic rings. The number of rotatable bonds is 9. The second kappa shape index (κ2) is 11.0. The number of amides is 1. The van der Waals surface area contributed by atoms with E-state index in [9.17, 15) is 9.18 Å². The van der Waals surface area contributed by atoms with Crippen LogP contribution in [0.1, 0.15) is 6.42 Å². The predicted octanol–water partition coefficient (Wildman–Crippen LogP) is 3.39. The lowest BCUT2D eigenvalue weighted by atomic mass is 10.1. The van der Waals surface area contributed by atoms with E-state index in [-0.39, 0.29) is 28.8 Å². The zero-order valence-electron chi connectivity index (χ0n) is 19.7. The minimum absolute atomic E-state index is 0.00483. The average molecular weight is 504 g/mol. The van der Waals surface area contributed by atoms with Gasteiger partial charge in [0.05, 0.1) is 36.0 Å². The summed E-state index contributed by atoms with van der Waals surface area (Å²) in [5, 5.41) is 6.48. The molecule has 0 bridgehead atoms. The number of carbonyl (C=O) groups is 1. The molecule has 1 saturated heterocycles. The molecule has 1 aliphatic rings. The molecule has 9 nitrogen and oxygen atoms in total. The molecule has 2 N–H and O–H groups in total. The first kappa shape index (κ1) is 24.9. The van der Waals surface area contributed by atoms with Crippen molar-refractivity contribution in [1.29, 1.82) is 0 Å². The van der Waals surface area contributed by atoms with Crippen LogP contribution in [0.5, 0.6) is 11.5 Å². The van der Waals surface area contributed by atoms with Crippen molar-refractivity contribution in [3.8, 4) is 11.5 Å². The summed E-state index contributed by atoms with van der Waals surface area (Å²) in [7, 11) is 5.02. The summed E-state index contributed by atoms with van der Waals surface area (Å²) in [6, 6.07) is 7.87. The number of methoxy groups -OCH3 is 2. The van der Waals surface area contributed by atoms with Crippen LogP contribution in [0.4, 0.5) is 15.9 Å². The van der Waals surface area contributed by atoms with E-state index in [0.29, 0.717) is 54.3 Å². The van der Waals surface area contributed by atoms with Gasteiger partial charge in [-0.2, -0.15) is 0 Å². The van der Waals surface area contributed by atoms with Gasteiger partial charge in [-0.15, -0.1) is 0 Å². The number of hydrogen-bond acceptors (Lipinski definition) is 8. The summed E-state index contributed by atoms with van der Waals surface area (Å²) in [6.45, 7) is 1.47. The SMILES string of the molecule is COCCNC(=O)[C@@H]1C[C@@H](Oc2cc3c(Nc4cccc(Cl)c4F)ncnc3cc2OC)CN1C. The van der Waals surface area contributed by atoms with Gasteiger partial charge >= 0.3 is 0 Å². The topological polar surface area (TPSA) is 97.8 Å². The van der Waals surface area contributed by atoms with Crippen LogP contribution in [0.2, 0.25) is 5.02 Å². The second-order valence-corrected chi connectivity index (χ2v) is 8.59. The molecule has 0 saturated carbocycles. The highest BCUT2D eigenvalue weighted by Crippen LogP contribution is 2.37. The lowest BCUT2D eigenvalue weighted by Crippen LogP contribution is -2.42. The molecule has 0 radical (unpaired) electrons. The van der Waals surface area contributed by atoms with Crippen LogP contribution < -0.4 is 20.1 Å². The van der Waals surface area contributed by atoms with Gasteiger partial charge in [0.1, 0.15) is 18.2 Å². The largest absolute Gasteiger partial charge is 0.493 e. The molecule has 186 valence electrons. The number of likely N-dealkylation sites (N-methyl/N-ethyl adjacent to an activating group) is 1. The number of benzene rings is 2. The molecule has 1 aromatic heterocycles. The highest BCUT2D eigenvalue weighted by molar-refractivity contribution is 6.31. The molecule has 1 aliphatic heterocycles. The van der Waals surface area contributed by atoms with E-state index in [4.69, 9.17) is 25.8 Å². The first-order valence-corrected chi connectivity index (χ1v) is 11.5. The average Bonchev–Trinajstić information content (AvgIpc) is 3.22. The zero-order chi connectivity index (χ0) is 24.9. The fourth-order valence-corrected chi connectivity index (χ4v) is 4.24. The van der Waals surface area contributed by atoms with Crippen molar-refractivity contribution in [1.82, 2.24) is 20.2 Å². The Hall–Kier alpha value is -3.21. The van der Waals surface area contributed by atoms with E-state index >= 15 is 0 Å². The Kier molecular flexibility index (Phi) is 7.84. The maximum Gasteiger partial charge on any atom is 0.237 e. The normalized spacial score (nSPS) is 18.0. The van der Waals surface area contributed by atoms with Gasteiger partial charge in [-0.3, -0.25) is 9.69 Å². The van der Waals surface area contributed by atoms with Crippen LogP contribution in [-0.2, 0) is 9.53 Å². The second-order valence-electron chi connectivity index (χ2n) is 8.18. The molecule has 2 heterocycles. The standard InChI is InChI=1S/C24H27ClFN5O4/c1-31-12-14(9-19(31)24(32)27-7-8-33-2)35-21-10-15-18(11-20(21)34-3)28-13-29-23(15)30-17-6-4-5-16(25)22(17)26/h4-6,10-11,13-14,19H,7-9,12H2,1-3H3,(H,27,32)(H,28,29,30)/t14-,19+/m1/s1. The fraction of sp³-hybridized carbons (Fsp3) is 0.375. The lowest BCUT2D eigenvalue weighted by Gasteiger charge is -2.17. The smallest absolute Gasteiger partial charge is 0.237 e. The van der Waals surface area contributed by atoms with Gasteiger partial charge < -0.3 is 24.8 Å². The minimum atomic E-state index is -0.574. The third-order valence-corrected chi connectivity index (χ3v) is 6.13. The highest BCUT2D eigenvalue weighted by Gasteiger charge is 2.36. The van der Waals surface area contributed by atoms with Gasteiger partial charge in [-0.25, -0.2) is 14.4 Å². The van der Waals surface area contributed by atoms with E-state index in [1.807, 2.05) is 11.9 Å². The summed E-state index contributed by atoms with van der Waals surface area (Å²) < 4.78 is 31.3. The van der Waals surface area contributed by atoms with E-state index in [2.05, 4.69) is 20.6 Å². The molecule has 2 aromatic carbocycles. The molecular weight excluding hydrogens is 477 g/mol. The number of ether oxygens (including phenoxy) is 3. The van der Waals surface area contributed by atoms with Gasteiger partial charge in [0.25, 0.3) is 0 Å². The minimum Gasteiger partial charge on any atom is -0.493 e. The molecule has 11 heteroatoms.